The Kier molecular flexibility index (Phi) is 3.22. The van der Waals surface area contributed by atoms with E-state index in [2.05, 4.69) is 10.4 Å². The zero-order valence-electron chi connectivity index (χ0n) is 10.9. The van der Waals surface area contributed by atoms with Crippen LogP contribution < -0.4 is 11.3 Å². The summed E-state index contributed by atoms with van der Waals surface area (Å²) >= 11 is 0. The molecule has 0 saturated carbocycles. The van der Waals surface area contributed by atoms with E-state index in [9.17, 15) is 4.39 Å². The van der Waals surface area contributed by atoms with E-state index in [1.807, 2.05) is 19.1 Å². The Morgan fingerprint density at radius 2 is 2.15 bits per heavy atom. The molecule has 0 radical (unpaired) electrons. The Labute approximate surface area is 115 Å². The summed E-state index contributed by atoms with van der Waals surface area (Å²) in [7, 11) is 0. The van der Waals surface area contributed by atoms with Crippen molar-refractivity contribution in [2.75, 3.05) is 0 Å². The van der Waals surface area contributed by atoms with E-state index in [1.165, 1.54) is 12.1 Å². The smallest absolute Gasteiger partial charge is 0.134 e. The number of nitrogens with zero attached hydrogens (tertiary/aromatic N) is 1. The number of hydrazine groups is 1. The highest BCUT2D eigenvalue weighted by Gasteiger charge is 2.19. The summed E-state index contributed by atoms with van der Waals surface area (Å²) in [5.74, 6) is 5.98. The Morgan fingerprint density at radius 3 is 2.90 bits per heavy atom. The Balaban J connectivity index is 2.10. The van der Waals surface area contributed by atoms with Gasteiger partial charge in [0.15, 0.2) is 0 Å². The summed E-state index contributed by atoms with van der Waals surface area (Å²) in [5, 5.41) is 0.710. The maximum atomic E-state index is 13.2. The van der Waals surface area contributed by atoms with Gasteiger partial charge < -0.3 is 4.42 Å². The number of halogens is 1. The highest BCUT2D eigenvalue weighted by Crippen LogP contribution is 2.29. The molecule has 4 nitrogen and oxygen atoms in total. The molecule has 102 valence electrons. The third-order valence-electron chi connectivity index (χ3n) is 3.31. The second-order valence-electron chi connectivity index (χ2n) is 4.61. The van der Waals surface area contributed by atoms with E-state index >= 15 is 0 Å². The van der Waals surface area contributed by atoms with E-state index in [0.29, 0.717) is 16.7 Å². The standard InChI is InChI=1S/C15H14FN3O/c1-9-12(3-2-6-18-9)15(19-17)14-8-10-7-11(16)4-5-13(10)20-14/h2-8,15,19H,17H2,1H3. The largest absolute Gasteiger partial charge is 0.459 e. The number of rotatable bonds is 3. The van der Waals surface area contributed by atoms with Gasteiger partial charge in [0, 0.05) is 17.3 Å². The van der Waals surface area contributed by atoms with Crippen LogP contribution in [0.25, 0.3) is 11.0 Å². The zero-order valence-corrected chi connectivity index (χ0v) is 10.9. The van der Waals surface area contributed by atoms with Gasteiger partial charge >= 0.3 is 0 Å². The van der Waals surface area contributed by atoms with Gasteiger partial charge in [-0.15, -0.1) is 0 Å². The molecule has 0 fully saturated rings. The molecule has 0 amide bonds. The van der Waals surface area contributed by atoms with Gasteiger partial charge in [-0.3, -0.25) is 10.8 Å². The molecule has 1 aromatic carbocycles. The summed E-state index contributed by atoms with van der Waals surface area (Å²) in [6.07, 6.45) is 1.72. The summed E-state index contributed by atoms with van der Waals surface area (Å²) in [6, 6.07) is 9.66. The number of fused-ring (bicyclic) bond motifs is 1. The van der Waals surface area contributed by atoms with Crippen molar-refractivity contribution in [2.45, 2.75) is 13.0 Å². The monoisotopic (exact) mass is 271 g/mol. The second-order valence-corrected chi connectivity index (χ2v) is 4.61. The number of pyridine rings is 1. The number of hydrogen-bond acceptors (Lipinski definition) is 4. The lowest BCUT2D eigenvalue weighted by molar-refractivity contribution is 0.475. The molecule has 0 bridgehead atoms. The summed E-state index contributed by atoms with van der Waals surface area (Å²) in [4.78, 5) is 4.24. The molecule has 0 aliphatic heterocycles. The molecule has 20 heavy (non-hydrogen) atoms. The van der Waals surface area contributed by atoms with Crippen molar-refractivity contribution in [1.29, 1.82) is 0 Å². The topological polar surface area (TPSA) is 64.1 Å². The van der Waals surface area contributed by atoms with Crippen LogP contribution in [0.15, 0.2) is 47.0 Å². The number of nitrogens with two attached hydrogens (primary N) is 1. The predicted molar refractivity (Wildman–Crippen MR) is 74.3 cm³/mol. The van der Waals surface area contributed by atoms with Crippen LogP contribution in [0.2, 0.25) is 0 Å². The molecular formula is C15H14FN3O. The van der Waals surface area contributed by atoms with Gasteiger partial charge in [0.1, 0.15) is 23.2 Å². The fraction of sp³-hybridized carbons (Fsp3) is 0.133. The molecule has 0 aliphatic carbocycles. The molecular weight excluding hydrogens is 257 g/mol. The van der Waals surface area contributed by atoms with Crippen molar-refractivity contribution in [3.63, 3.8) is 0 Å². The molecule has 2 aromatic heterocycles. The van der Waals surface area contributed by atoms with Gasteiger partial charge in [0.05, 0.1) is 0 Å². The van der Waals surface area contributed by atoms with Crippen LogP contribution in [0, 0.1) is 12.7 Å². The first kappa shape index (κ1) is 12.8. The van der Waals surface area contributed by atoms with Crippen molar-refractivity contribution in [1.82, 2.24) is 10.4 Å². The first-order valence-corrected chi connectivity index (χ1v) is 6.25. The lowest BCUT2D eigenvalue weighted by atomic mass is 10.0. The third-order valence-corrected chi connectivity index (χ3v) is 3.31. The van der Waals surface area contributed by atoms with E-state index in [0.717, 1.165) is 11.3 Å². The first-order chi connectivity index (χ1) is 9.69. The molecule has 2 heterocycles. The Bertz CT molecular complexity index is 754. The molecule has 0 spiro atoms. The minimum Gasteiger partial charge on any atom is -0.459 e. The van der Waals surface area contributed by atoms with E-state index in [1.54, 1.807) is 18.3 Å². The van der Waals surface area contributed by atoms with Crippen molar-refractivity contribution >= 4 is 11.0 Å². The van der Waals surface area contributed by atoms with Gasteiger partial charge in [0.2, 0.25) is 0 Å². The number of nitrogens with one attached hydrogen (secondary N) is 1. The zero-order chi connectivity index (χ0) is 14.1. The van der Waals surface area contributed by atoms with Crippen LogP contribution in [0.3, 0.4) is 0 Å². The maximum Gasteiger partial charge on any atom is 0.134 e. The van der Waals surface area contributed by atoms with Crippen molar-refractivity contribution in [2.24, 2.45) is 5.84 Å². The SMILES string of the molecule is Cc1ncccc1C(NN)c1cc2cc(F)ccc2o1. The predicted octanol–water partition coefficient (Wildman–Crippen LogP) is 2.83. The maximum absolute atomic E-state index is 13.2. The average molecular weight is 271 g/mol. The number of benzene rings is 1. The van der Waals surface area contributed by atoms with Crippen molar-refractivity contribution in [3.8, 4) is 0 Å². The van der Waals surface area contributed by atoms with Crippen molar-refractivity contribution in [3.05, 3.63) is 65.4 Å². The minimum atomic E-state index is -0.320. The quantitative estimate of drug-likeness (QED) is 0.568. The van der Waals surface area contributed by atoms with Gasteiger partial charge in [-0.25, -0.2) is 9.82 Å². The molecule has 3 N–H and O–H groups in total. The van der Waals surface area contributed by atoms with Crippen LogP contribution >= 0.6 is 0 Å². The van der Waals surface area contributed by atoms with E-state index in [4.69, 9.17) is 10.3 Å². The van der Waals surface area contributed by atoms with Crippen LogP contribution in [-0.2, 0) is 0 Å². The molecule has 1 atom stereocenters. The fourth-order valence-corrected chi connectivity index (χ4v) is 2.30. The number of aryl methyl sites for hydroxylation is 1. The highest BCUT2D eigenvalue weighted by molar-refractivity contribution is 5.78. The number of furan rings is 1. The normalized spacial score (nSPS) is 12.8. The summed E-state index contributed by atoms with van der Waals surface area (Å²) in [5.41, 5.74) is 5.14. The van der Waals surface area contributed by atoms with Crippen LogP contribution in [0.1, 0.15) is 23.1 Å². The molecule has 3 rings (SSSR count). The summed E-state index contributed by atoms with van der Waals surface area (Å²) < 4.78 is 19.0. The first-order valence-electron chi connectivity index (χ1n) is 6.25. The number of aromatic nitrogens is 1. The second kappa shape index (κ2) is 5.03. The minimum absolute atomic E-state index is 0.292. The molecule has 0 aliphatic rings. The van der Waals surface area contributed by atoms with Gasteiger partial charge in [-0.1, -0.05) is 6.07 Å². The van der Waals surface area contributed by atoms with Gasteiger partial charge in [-0.05, 0) is 42.8 Å². The Hall–Kier alpha value is -2.24. The fourth-order valence-electron chi connectivity index (χ4n) is 2.30. The third kappa shape index (κ3) is 2.17. The van der Waals surface area contributed by atoms with E-state index < -0.39 is 0 Å². The molecule has 5 heteroatoms. The highest BCUT2D eigenvalue weighted by atomic mass is 19.1. The van der Waals surface area contributed by atoms with E-state index in [-0.39, 0.29) is 11.9 Å². The van der Waals surface area contributed by atoms with Gasteiger partial charge in [0.25, 0.3) is 0 Å². The lowest BCUT2D eigenvalue weighted by Gasteiger charge is -2.15. The lowest BCUT2D eigenvalue weighted by Crippen LogP contribution is -2.29. The van der Waals surface area contributed by atoms with Crippen LogP contribution in [0.4, 0.5) is 4.39 Å². The number of hydrogen-bond donors (Lipinski definition) is 2. The van der Waals surface area contributed by atoms with Crippen LogP contribution in [0.5, 0.6) is 0 Å². The van der Waals surface area contributed by atoms with Crippen LogP contribution in [-0.4, -0.2) is 4.98 Å². The molecule has 0 saturated heterocycles. The van der Waals surface area contributed by atoms with Gasteiger partial charge in [-0.2, -0.15) is 0 Å². The summed E-state index contributed by atoms with van der Waals surface area (Å²) in [6.45, 7) is 1.90. The molecule has 1 unspecified atom stereocenters. The molecule has 3 aromatic rings. The average Bonchev–Trinajstić information content (AvgIpc) is 2.84. The Morgan fingerprint density at radius 1 is 1.30 bits per heavy atom. The van der Waals surface area contributed by atoms with Crippen molar-refractivity contribution < 1.29 is 8.81 Å².